The molecule has 2 aromatic carbocycles. The van der Waals surface area contributed by atoms with Crippen molar-refractivity contribution in [2.24, 2.45) is 5.10 Å². The summed E-state index contributed by atoms with van der Waals surface area (Å²) >= 11 is 0. The van der Waals surface area contributed by atoms with Gasteiger partial charge in [0.15, 0.2) is 0 Å². The predicted molar refractivity (Wildman–Crippen MR) is 117 cm³/mol. The Kier molecular flexibility index (Phi) is 6.28. The third kappa shape index (κ3) is 4.75. The second-order valence-corrected chi connectivity index (χ2v) is 7.15. The van der Waals surface area contributed by atoms with E-state index in [1.165, 1.54) is 0 Å². The van der Waals surface area contributed by atoms with Crippen LogP contribution in [-0.4, -0.2) is 60.9 Å². The molecule has 1 N–H and O–H groups in total. The van der Waals surface area contributed by atoms with Crippen LogP contribution < -0.4 is 10.2 Å². The first kappa shape index (κ1) is 20.6. The molecule has 3 aromatic rings. The van der Waals surface area contributed by atoms with Crippen molar-refractivity contribution < 1.29 is 19.1 Å². The molecule has 160 valence electrons. The number of carbonyl (C=O) groups is 2. The van der Waals surface area contributed by atoms with E-state index in [4.69, 9.17) is 9.47 Å². The number of hydrazone groups is 1. The van der Waals surface area contributed by atoms with Gasteiger partial charge in [0.25, 0.3) is 5.91 Å². The number of benzene rings is 2. The van der Waals surface area contributed by atoms with E-state index in [0.29, 0.717) is 37.6 Å². The number of fused-ring (bicyclic) bond motifs is 1. The Hall–Kier alpha value is -3.65. The quantitative estimate of drug-likeness (QED) is 0.490. The maximum absolute atomic E-state index is 12.7. The monoisotopic (exact) mass is 420 g/mol. The van der Waals surface area contributed by atoms with Gasteiger partial charge in [-0.25, -0.2) is 5.43 Å². The fourth-order valence-electron chi connectivity index (χ4n) is 3.53. The summed E-state index contributed by atoms with van der Waals surface area (Å²) in [5, 5.41) is 5.07. The molecule has 1 fully saturated rings. The number of methoxy groups -OCH3 is 1. The first-order valence-electron chi connectivity index (χ1n) is 10.1. The molecular formula is C23H24N4O4. The van der Waals surface area contributed by atoms with Crippen molar-refractivity contribution >= 4 is 28.9 Å². The summed E-state index contributed by atoms with van der Waals surface area (Å²) in [6, 6.07) is 14.6. The van der Waals surface area contributed by atoms with Crippen LogP contribution in [0.1, 0.15) is 15.9 Å². The van der Waals surface area contributed by atoms with Gasteiger partial charge in [0.05, 0.1) is 26.5 Å². The lowest BCUT2D eigenvalue weighted by Gasteiger charge is -2.27. The molecule has 0 radical (unpaired) electrons. The predicted octanol–water partition coefficient (Wildman–Crippen LogP) is 2.27. The Morgan fingerprint density at radius 1 is 1.13 bits per heavy atom. The number of morpholine rings is 1. The minimum Gasteiger partial charge on any atom is -0.497 e. The lowest BCUT2D eigenvalue weighted by atomic mass is 10.2. The number of rotatable bonds is 6. The van der Waals surface area contributed by atoms with Crippen LogP contribution in [0.4, 0.5) is 0 Å². The average molecular weight is 420 g/mol. The van der Waals surface area contributed by atoms with Crippen LogP contribution in [0.2, 0.25) is 0 Å². The highest BCUT2D eigenvalue weighted by atomic mass is 16.5. The van der Waals surface area contributed by atoms with E-state index in [9.17, 15) is 9.59 Å². The van der Waals surface area contributed by atoms with Gasteiger partial charge in [-0.1, -0.05) is 18.2 Å². The molecule has 0 atom stereocenters. The maximum Gasteiger partial charge on any atom is 0.271 e. The highest BCUT2D eigenvalue weighted by Crippen LogP contribution is 2.20. The fraction of sp³-hybridized carbons (Fsp3) is 0.261. The van der Waals surface area contributed by atoms with E-state index in [2.05, 4.69) is 10.5 Å². The van der Waals surface area contributed by atoms with Crippen LogP contribution >= 0.6 is 0 Å². The van der Waals surface area contributed by atoms with Gasteiger partial charge in [0, 0.05) is 41.3 Å². The zero-order valence-corrected chi connectivity index (χ0v) is 17.3. The van der Waals surface area contributed by atoms with E-state index < -0.39 is 0 Å². The van der Waals surface area contributed by atoms with Gasteiger partial charge in [-0.3, -0.25) is 9.59 Å². The minimum atomic E-state index is -0.315. The van der Waals surface area contributed by atoms with Crippen molar-refractivity contribution in [1.29, 1.82) is 0 Å². The van der Waals surface area contributed by atoms with Crippen molar-refractivity contribution in [3.63, 3.8) is 0 Å². The van der Waals surface area contributed by atoms with Crippen molar-refractivity contribution in [2.75, 3.05) is 33.4 Å². The molecule has 1 aliphatic rings. The number of nitrogens with one attached hydrogen (secondary N) is 1. The van der Waals surface area contributed by atoms with E-state index in [1.54, 1.807) is 37.6 Å². The van der Waals surface area contributed by atoms with Crippen LogP contribution in [0.5, 0.6) is 5.75 Å². The van der Waals surface area contributed by atoms with E-state index in [-0.39, 0.29) is 18.4 Å². The third-order valence-electron chi connectivity index (χ3n) is 5.21. The second-order valence-electron chi connectivity index (χ2n) is 7.15. The molecule has 8 heteroatoms. The largest absolute Gasteiger partial charge is 0.497 e. The van der Waals surface area contributed by atoms with Crippen LogP contribution in [0.3, 0.4) is 0 Å². The second kappa shape index (κ2) is 9.44. The van der Waals surface area contributed by atoms with Crippen LogP contribution in [0.25, 0.3) is 10.9 Å². The Labute approximate surface area is 180 Å². The fourth-order valence-corrected chi connectivity index (χ4v) is 3.53. The Morgan fingerprint density at radius 2 is 1.87 bits per heavy atom. The molecule has 0 aliphatic carbocycles. The number of ether oxygens (including phenoxy) is 2. The number of nitrogens with zero attached hydrogens (tertiary/aromatic N) is 3. The van der Waals surface area contributed by atoms with Crippen molar-refractivity contribution in [2.45, 2.75) is 6.54 Å². The molecule has 31 heavy (non-hydrogen) atoms. The third-order valence-corrected chi connectivity index (χ3v) is 5.21. The van der Waals surface area contributed by atoms with Crippen molar-refractivity contribution in [3.05, 3.63) is 65.9 Å². The summed E-state index contributed by atoms with van der Waals surface area (Å²) in [5.74, 6) is 0.421. The summed E-state index contributed by atoms with van der Waals surface area (Å²) in [4.78, 5) is 26.8. The molecular weight excluding hydrogens is 396 g/mol. The zero-order valence-electron chi connectivity index (χ0n) is 17.3. The molecule has 2 heterocycles. The molecule has 0 bridgehead atoms. The van der Waals surface area contributed by atoms with Gasteiger partial charge in [-0.15, -0.1) is 0 Å². The molecule has 1 saturated heterocycles. The van der Waals surface area contributed by atoms with Gasteiger partial charge >= 0.3 is 0 Å². The number of carbonyl (C=O) groups excluding carboxylic acids is 2. The highest BCUT2D eigenvalue weighted by Gasteiger charge is 2.18. The Bertz CT molecular complexity index is 1100. The Morgan fingerprint density at radius 3 is 2.61 bits per heavy atom. The summed E-state index contributed by atoms with van der Waals surface area (Å²) in [7, 11) is 1.57. The molecule has 0 spiro atoms. The number of hydrogen-bond donors (Lipinski definition) is 1. The molecule has 2 amide bonds. The van der Waals surface area contributed by atoms with Gasteiger partial charge in [0.2, 0.25) is 5.91 Å². The average Bonchev–Trinajstić information content (AvgIpc) is 3.17. The molecule has 0 unspecified atom stereocenters. The SMILES string of the molecule is COc1ccc(C(=O)N/N=C\c2cn(CC(=O)N3CCOCC3)c3ccccc23)cc1. The van der Waals surface area contributed by atoms with Crippen LogP contribution in [0, 0.1) is 0 Å². The van der Waals surface area contributed by atoms with Crippen LogP contribution in [-0.2, 0) is 16.1 Å². The number of amides is 2. The van der Waals surface area contributed by atoms with E-state index in [1.807, 2.05) is 39.9 Å². The summed E-state index contributed by atoms with van der Waals surface area (Å²) in [5.41, 5.74) is 4.78. The minimum absolute atomic E-state index is 0.0559. The summed E-state index contributed by atoms with van der Waals surface area (Å²) in [6.45, 7) is 2.62. The van der Waals surface area contributed by atoms with Gasteiger partial charge in [0.1, 0.15) is 12.3 Å². The number of hydrogen-bond acceptors (Lipinski definition) is 5. The summed E-state index contributed by atoms with van der Waals surface area (Å²) in [6.07, 6.45) is 3.48. The summed E-state index contributed by atoms with van der Waals surface area (Å²) < 4.78 is 12.3. The van der Waals surface area contributed by atoms with E-state index in [0.717, 1.165) is 16.5 Å². The topological polar surface area (TPSA) is 85.2 Å². The number of aromatic nitrogens is 1. The molecule has 1 aromatic heterocycles. The highest BCUT2D eigenvalue weighted by molar-refractivity contribution is 6.01. The first-order valence-corrected chi connectivity index (χ1v) is 10.1. The zero-order chi connectivity index (χ0) is 21.6. The number of para-hydroxylation sites is 1. The lowest BCUT2D eigenvalue weighted by Crippen LogP contribution is -2.42. The standard InChI is InChI=1S/C23H24N4O4/c1-30-19-8-6-17(7-9-19)23(29)25-24-14-18-15-27(21-5-3-2-4-20(18)21)16-22(28)26-10-12-31-13-11-26/h2-9,14-15H,10-13,16H2,1H3,(H,25,29)/b24-14-. The maximum atomic E-state index is 12.7. The normalized spacial score (nSPS) is 14.2. The van der Waals surface area contributed by atoms with Crippen molar-refractivity contribution in [3.8, 4) is 5.75 Å². The smallest absolute Gasteiger partial charge is 0.271 e. The van der Waals surface area contributed by atoms with E-state index >= 15 is 0 Å². The van der Waals surface area contributed by atoms with Gasteiger partial charge in [-0.2, -0.15) is 5.10 Å². The van der Waals surface area contributed by atoms with Gasteiger partial charge in [-0.05, 0) is 30.3 Å². The Balaban J connectivity index is 1.48. The van der Waals surface area contributed by atoms with Gasteiger partial charge < -0.3 is 18.9 Å². The van der Waals surface area contributed by atoms with Crippen LogP contribution in [0.15, 0.2) is 59.8 Å². The van der Waals surface area contributed by atoms with Crippen molar-refractivity contribution in [1.82, 2.24) is 14.9 Å². The molecule has 0 saturated carbocycles. The first-order chi connectivity index (χ1) is 15.2. The molecule has 4 rings (SSSR count). The lowest BCUT2D eigenvalue weighted by molar-refractivity contribution is -0.135. The molecule has 8 nitrogen and oxygen atoms in total. The molecule has 1 aliphatic heterocycles.